The molecule has 1 aromatic rings. The second kappa shape index (κ2) is 4.01. The van der Waals surface area contributed by atoms with E-state index in [1.54, 1.807) is 19.1 Å². The quantitative estimate of drug-likeness (QED) is 0.411. The van der Waals surface area contributed by atoms with Gasteiger partial charge < -0.3 is 14.9 Å². The molecule has 0 saturated carbocycles. The molecular weight excluding hydrogens is 240 g/mol. The van der Waals surface area contributed by atoms with Gasteiger partial charge in [0, 0.05) is 5.56 Å². The van der Waals surface area contributed by atoms with Crippen molar-refractivity contribution in [2.75, 3.05) is 0 Å². The van der Waals surface area contributed by atoms with Crippen molar-refractivity contribution in [2.24, 2.45) is 0 Å². The third-order valence-corrected chi connectivity index (χ3v) is 2.78. The summed E-state index contributed by atoms with van der Waals surface area (Å²) in [6.45, 7) is 1.80. The lowest BCUT2D eigenvalue weighted by Crippen LogP contribution is -2.52. The number of hydrogen-bond donors (Lipinski definition) is 2. The highest BCUT2D eigenvalue weighted by molar-refractivity contribution is 6.22. The number of ketones is 1. The van der Waals surface area contributed by atoms with Gasteiger partial charge in [-0.3, -0.25) is 4.79 Å². The number of aryl methyl sites for hydroxylation is 1. The number of aliphatic hydroxyl groups is 2. The second-order valence-electron chi connectivity index (χ2n) is 4.07. The van der Waals surface area contributed by atoms with E-state index in [-0.39, 0.29) is 5.56 Å². The van der Waals surface area contributed by atoms with E-state index in [1.807, 2.05) is 0 Å². The maximum atomic E-state index is 12.0. The first-order chi connectivity index (χ1) is 8.37. The van der Waals surface area contributed by atoms with E-state index in [2.05, 4.69) is 4.74 Å². The monoisotopic (exact) mass is 250 g/mol. The van der Waals surface area contributed by atoms with Gasteiger partial charge in [-0.2, -0.15) is 0 Å². The summed E-state index contributed by atoms with van der Waals surface area (Å²) < 4.78 is 4.06. The highest BCUT2D eigenvalue weighted by atomic mass is 16.6. The van der Waals surface area contributed by atoms with Crippen LogP contribution in [0.5, 0.6) is 0 Å². The van der Waals surface area contributed by atoms with E-state index >= 15 is 0 Å². The van der Waals surface area contributed by atoms with Crippen LogP contribution in [-0.2, 0) is 14.3 Å². The van der Waals surface area contributed by atoms with Gasteiger partial charge in [0.15, 0.2) is 6.10 Å². The molecule has 0 aromatic heterocycles. The molecule has 2 N–H and O–H groups in total. The Hall–Kier alpha value is -2.05. The van der Waals surface area contributed by atoms with Gasteiger partial charge in [-0.1, -0.05) is 29.8 Å². The minimum absolute atomic E-state index is 0.00815. The zero-order valence-corrected chi connectivity index (χ0v) is 9.41. The van der Waals surface area contributed by atoms with Gasteiger partial charge in [-0.25, -0.2) is 9.59 Å². The van der Waals surface area contributed by atoms with Gasteiger partial charge >= 0.3 is 11.9 Å². The first-order valence-electron chi connectivity index (χ1n) is 5.15. The first-order valence-corrected chi connectivity index (χ1v) is 5.15. The number of hydrogen-bond acceptors (Lipinski definition) is 6. The number of benzene rings is 1. The van der Waals surface area contributed by atoms with Crippen molar-refractivity contribution in [3.05, 3.63) is 35.4 Å². The van der Waals surface area contributed by atoms with Gasteiger partial charge in [0.2, 0.25) is 5.78 Å². The number of ether oxygens (including phenoxy) is 1. The Balaban J connectivity index is 2.42. The van der Waals surface area contributed by atoms with E-state index in [0.717, 1.165) is 5.56 Å². The van der Waals surface area contributed by atoms with Gasteiger partial charge in [0.1, 0.15) is 0 Å². The van der Waals surface area contributed by atoms with E-state index in [0.29, 0.717) is 0 Å². The molecule has 6 nitrogen and oxygen atoms in total. The molecule has 0 bridgehead atoms. The molecule has 2 rings (SSSR count). The molecule has 0 spiro atoms. The summed E-state index contributed by atoms with van der Waals surface area (Å²) in [6.07, 6.45) is -2.20. The Morgan fingerprint density at radius 3 is 2.28 bits per heavy atom. The normalized spacial score (nSPS) is 27.2. The highest BCUT2D eigenvalue weighted by Gasteiger charge is 2.61. The van der Waals surface area contributed by atoms with Crippen molar-refractivity contribution in [1.29, 1.82) is 0 Å². The van der Waals surface area contributed by atoms with Crippen molar-refractivity contribution in [3.63, 3.8) is 0 Å². The van der Waals surface area contributed by atoms with Crippen LogP contribution in [0.1, 0.15) is 15.9 Å². The third kappa shape index (κ3) is 1.62. The number of carbonyl (C=O) groups is 3. The van der Waals surface area contributed by atoms with Crippen LogP contribution in [-0.4, -0.2) is 39.6 Å². The van der Waals surface area contributed by atoms with Crippen molar-refractivity contribution in [2.45, 2.75) is 18.6 Å². The average Bonchev–Trinajstić information content (AvgIpc) is 2.54. The Bertz CT molecular complexity index is 532. The standard InChI is InChI=1S/C12H10O6/c1-6-2-4-7(5-3-6)8(13)12(17)9(14)10(15)18-11(12)16/h2-5,9,14,17H,1H3/t9-,12+/m1/s1. The van der Waals surface area contributed by atoms with E-state index in [1.165, 1.54) is 12.1 Å². The molecule has 1 aromatic carbocycles. The van der Waals surface area contributed by atoms with Crippen LogP contribution in [0, 0.1) is 6.92 Å². The molecule has 2 atom stereocenters. The Morgan fingerprint density at radius 1 is 1.28 bits per heavy atom. The van der Waals surface area contributed by atoms with Crippen molar-refractivity contribution < 1.29 is 29.3 Å². The highest BCUT2D eigenvalue weighted by Crippen LogP contribution is 2.26. The van der Waals surface area contributed by atoms with E-state index < -0.39 is 29.4 Å². The summed E-state index contributed by atoms with van der Waals surface area (Å²) >= 11 is 0. The van der Waals surface area contributed by atoms with Crippen LogP contribution in [0.4, 0.5) is 0 Å². The van der Waals surface area contributed by atoms with Gasteiger partial charge in [-0.15, -0.1) is 0 Å². The van der Waals surface area contributed by atoms with Crippen LogP contribution in [0.25, 0.3) is 0 Å². The second-order valence-corrected chi connectivity index (χ2v) is 4.07. The van der Waals surface area contributed by atoms with Crippen LogP contribution in [0.3, 0.4) is 0 Å². The van der Waals surface area contributed by atoms with Crippen LogP contribution in [0.15, 0.2) is 24.3 Å². The molecule has 1 aliphatic heterocycles. The smallest absolute Gasteiger partial charge is 0.357 e. The number of aliphatic hydroxyl groups excluding tert-OH is 1. The number of cyclic esters (lactones) is 2. The lowest BCUT2D eigenvalue weighted by atomic mass is 9.89. The first kappa shape index (κ1) is 12.4. The summed E-state index contributed by atoms with van der Waals surface area (Å²) in [5, 5.41) is 19.3. The fourth-order valence-electron chi connectivity index (χ4n) is 1.65. The van der Waals surface area contributed by atoms with Crippen LogP contribution < -0.4 is 0 Å². The maximum absolute atomic E-state index is 12.0. The molecule has 1 heterocycles. The molecule has 1 fully saturated rings. The predicted molar refractivity (Wildman–Crippen MR) is 57.6 cm³/mol. The minimum atomic E-state index is -2.85. The minimum Gasteiger partial charge on any atom is -0.388 e. The zero-order chi connectivity index (χ0) is 13.5. The molecule has 6 heteroatoms. The van der Waals surface area contributed by atoms with Crippen LogP contribution in [0.2, 0.25) is 0 Å². The molecule has 0 aliphatic carbocycles. The largest absolute Gasteiger partial charge is 0.388 e. The molecule has 1 aliphatic rings. The molecule has 0 unspecified atom stereocenters. The summed E-state index contributed by atoms with van der Waals surface area (Å²) in [5.74, 6) is -3.85. The zero-order valence-electron chi connectivity index (χ0n) is 9.41. The summed E-state index contributed by atoms with van der Waals surface area (Å²) in [5.41, 5.74) is -1.97. The maximum Gasteiger partial charge on any atom is 0.357 e. The van der Waals surface area contributed by atoms with Crippen molar-refractivity contribution in [3.8, 4) is 0 Å². The molecular formula is C12H10O6. The third-order valence-electron chi connectivity index (χ3n) is 2.78. The summed E-state index contributed by atoms with van der Waals surface area (Å²) in [7, 11) is 0. The number of Topliss-reactive ketones (excluding diaryl/α,β-unsaturated/α-hetero) is 1. The fraction of sp³-hybridized carbons (Fsp3) is 0.250. The summed E-state index contributed by atoms with van der Waals surface area (Å²) in [6, 6.07) is 5.98. The molecule has 94 valence electrons. The Labute approximate surface area is 102 Å². The molecule has 0 amide bonds. The number of esters is 2. The van der Waals surface area contributed by atoms with Gasteiger partial charge in [0.25, 0.3) is 5.60 Å². The SMILES string of the molecule is Cc1ccc(C(=O)[C@@]2(O)C(=O)OC(=O)[C@H]2O)cc1. The summed E-state index contributed by atoms with van der Waals surface area (Å²) in [4.78, 5) is 34.3. The predicted octanol–water partition coefficient (Wildman–Crippen LogP) is -0.647. The Kier molecular flexibility index (Phi) is 2.76. The molecule has 18 heavy (non-hydrogen) atoms. The molecule has 0 radical (unpaired) electrons. The lowest BCUT2D eigenvalue weighted by molar-refractivity contribution is -0.156. The average molecular weight is 250 g/mol. The van der Waals surface area contributed by atoms with E-state index in [9.17, 15) is 24.6 Å². The van der Waals surface area contributed by atoms with Gasteiger partial charge in [0.05, 0.1) is 0 Å². The number of carbonyl (C=O) groups excluding carboxylic acids is 3. The number of rotatable bonds is 2. The fourth-order valence-corrected chi connectivity index (χ4v) is 1.65. The lowest BCUT2D eigenvalue weighted by Gasteiger charge is -2.18. The van der Waals surface area contributed by atoms with Crippen LogP contribution >= 0.6 is 0 Å². The Morgan fingerprint density at radius 2 is 1.83 bits per heavy atom. The topological polar surface area (TPSA) is 101 Å². The van der Waals surface area contributed by atoms with Gasteiger partial charge in [-0.05, 0) is 6.92 Å². The van der Waals surface area contributed by atoms with E-state index in [4.69, 9.17) is 0 Å². The van der Waals surface area contributed by atoms with Crippen molar-refractivity contribution >= 4 is 17.7 Å². The van der Waals surface area contributed by atoms with Crippen molar-refractivity contribution in [1.82, 2.24) is 0 Å². The molecule has 1 saturated heterocycles.